The van der Waals surface area contributed by atoms with Crippen LogP contribution in [0.5, 0.6) is 0 Å². The summed E-state index contributed by atoms with van der Waals surface area (Å²) in [5, 5.41) is -0.172. The van der Waals surface area contributed by atoms with E-state index in [4.69, 9.17) is 4.42 Å². The number of hydrogen-bond donors (Lipinski definition) is 0. The van der Waals surface area contributed by atoms with E-state index < -0.39 is 19.9 Å². The molecule has 0 amide bonds. The van der Waals surface area contributed by atoms with Crippen molar-refractivity contribution in [1.29, 1.82) is 0 Å². The average molecular weight is 398 g/mol. The minimum absolute atomic E-state index is 0.0385. The van der Waals surface area contributed by atoms with Crippen LogP contribution >= 0.6 is 0 Å². The molecule has 142 valence electrons. The Hall–Kier alpha value is -1.64. The molecule has 0 spiro atoms. The van der Waals surface area contributed by atoms with Gasteiger partial charge < -0.3 is 4.42 Å². The molecule has 1 fully saturated rings. The zero-order valence-electron chi connectivity index (χ0n) is 14.5. The Morgan fingerprint density at radius 3 is 2.31 bits per heavy atom. The molecule has 3 rings (SSSR count). The number of sulfonamides is 1. The highest BCUT2D eigenvalue weighted by Crippen LogP contribution is 2.23. The summed E-state index contributed by atoms with van der Waals surface area (Å²) in [6.45, 7) is 0.965. The summed E-state index contributed by atoms with van der Waals surface area (Å²) in [6, 6.07) is 12.5. The van der Waals surface area contributed by atoms with Gasteiger partial charge in [-0.1, -0.05) is 30.3 Å². The van der Waals surface area contributed by atoms with Gasteiger partial charge in [0.1, 0.15) is 11.5 Å². The smallest absolute Gasteiger partial charge is 0.276 e. The molecule has 0 N–H and O–H groups in total. The van der Waals surface area contributed by atoms with Gasteiger partial charge in [0.15, 0.2) is 9.84 Å². The van der Waals surface area contributed by atoms with Crippen molar-refractivity contribution < 1.29 is 21.3 Å². The third-order valence-corrected chi connectivity index (χ3v) is 7.83. The Bertz CT molecular complexity index is 927. The lowest BCUT2D eigenvalue weighted by atomic mass is 10.1. The fourth-order valence-corrected chi connectivity index (χ4v) is 5.82. The Labute approximate surface area is 154 Å². The van der Waals surface area contributed by atoms with Crippen molar-refractivity contribution in [1.82, 2.24) is 4.31 Å². The Kier molecular flexibility index (Phi) is 5.84. The minimum atomic E-state index is -3.65. The third kappa shape index (κ3) is 4.75. The van der Waals surface area contributed by atoms with Crippen LogP contribution in [-0.4, -0.2) is 40.0 Å². The zero-order valence-corrected chi connectivity index (χ0v) is 16.1. The van der Waals surface area contributed by atoms with Gasteiger partial charge in [0.2, 0.25) is 5.09 Å². The molecule has 1 aliphatic rings. The summed E-state index contributed by atoms with van der Waals surface area (Å²) in [5.41, 5.74) is 1.10. The standard InChI is InChI=1S/C18H23NO5S2/c20-25(21,14-6-9-16-7-2-1-3-8-16)15-17-10-11-18(24-17)26(22,23)19-12-4-5-13-19/h1-3,7-8,10-11H,4-6,9,12-15H2. The molecule has 1 aromatic heterocycles. The first-order valence-electron chi connectivity index (χ1n) is 8.70. The maximum absolute atomic E-state index is 12.4. The predicted molar refractivity (Wildman–Crippen MR) is 99.0 cm³/mol. The molecular formula is C18H23NO5S2. The van der Waals surface area contributed by atoms with Crippen molar-refractivity contribution in [3.8, 4) is 0 Å². The molecule has 0 unspecified atom stereocenters. The number of rotatable bonds is 8. The first kappa shape index (κ1) is 19.1. The Morgan fingerprint density at radius 1 is 0.923 bits per heavy atom. The highest BCUT2D eigenvalue weighted by molar-refractivity contribution is 7.90. The molecule has 1 aromatic carbocycles. The fourth-order valence-electron chi connectivity index (χ4n) is 3.06. The van der Waals surface area contributed by atoms with Crippen molar-refractivity contribution >= 4 is 19.9 Å². The van der Waals surface area contributed by atoms with Crippen LogP contribution in [0.1, 0.15) is 30.6 Å². The van der Waals surface area contributed by atoms with Crippen molar-refractivity contribution in [3.63, 3.8) is 0 Å². The second kappa shape index (κ2) is 7.94. The quantitative estimate of drug-likeness (QED) is 0.684. The van der Waals surface area contributed by atoms with Crippen LogP contribution in [0, 0.1) is 0 Å². The van der Waals surface area contributed by atoms with E-state index in [-0.39, 0.29) is 22.4 Å². The van der Waals surface area contributed by atoms with Gasteiger partial charge in [-0.15, -0.1) is 0 Å². The maximum Gasteiger partial charge on any atom is 0.276 e. The van der Waals surface area contributed by atoms with E-state index >= 15 is 0 Å². The molecule has 0 atom stereocenters. The Balaban J connectivity index is 1.59. The van der Waals surface area contributed by atoms with Gasteiger partial charge in [-0.3, -0.25) is 0 Å². The molecule has 2 heterocycles. The first-order valence-corrected chi connectivity index (χ1v) is 12.0. The fraction of sp³-hybridized carbons (Fsp3) is 0.444. The molecule has 1 saturated heterocycles. The van der Waals surface area contributed by atoms with Gasteiger partial charge in [0.25, 0.3) is 10.0 Å². The van der Waals surface area contributed by atoms with Crippen molar-refractivity contribution in [2.75, 3.05) is 18.8 Å². The molecule has 1 aliphatic heterocycles. The first-order chi connectivity index (χ1) is 12.4. The van der Waals surface area contributed by atoms with Gasteiger partial charge in [0.05, 0.1) is 5.75 Å². The lowest BCUT2D eigenvalue weighted by Crippen LogP contribution is -2.27. The van der Waals surface area contributed by atoms with Crippen LogP contribution in [0.2, 0.25) is 0 Å². The van der Waals surface area contributed by atoms with Crippen molar-refractivity contribution in [3.05, 3.63) is 53.8 Å². The van der Waals surface area contributed by atoms with Gasteiger partial charge in [-0.2, -0.15) is 4.31 Å². The topological polar surface area (TPSA) is 84.7 Å². The summed E-state index contributed by atoms with van der Waals surface area (Å²) in [6.07, 6.45) is 2.88. The number of furan rings is 1. The van der Waals surface area contributed by atoms with Crippen LogP contribution in [0.4, 0.5) is 0 Å². The molecule has 0 bridgehead atoms. The largest absolute Gasteiger partial charge is 0.447 e. The van der Waals surface area contributed by atoms with Crippen LogP contribution in [0.25, 0.3) is 0 Å². The zero-order chi connectivity index (χ0) is 18.6. The van der Waals surface area contributed by atoms with E-state index in [0.717, 1.165) is 18.4 Å². The SMILES string of the molecule is O=S(=O)(CCCc1ccccc1)Cc1ccc(S(=O)(=O)N2CCCC2)o1. The second-order valence-corrected chi connectivity index (χ2v) is 10.6. The minimum Gasteiger partial charge on any atom is -0.447 e. The summed E-state index contributed by atoms with van der Waals surface area (Å²) < 4.78 is 56.2. The van der Waals surface area contributed by atoms with Gasteiger partial charge in [-0.25, -0.2) is 16.8 Å². The molecule has 26 heavy (non-hydrogen) atoms. The van der Waals surface area contributed by atoms with Crippen LogP contribution in [0.15, 0.2) is 52.0 Å². The molecular weight excluding hydrogens is 374 g/mol. The van der Waals surface area contributed by atoms with Crippen LogP contribution in [-0.2, 0) is 32.0 Å². The lowest BCUT2D eigenvalue weighted by molar-refractivity contribution is 0.395. The van der Waals surface area contributed by atoms with Gasteiger partial charge in [0, 0.05) is 13.1 Å². The average Bonchev–Trinajstić information content (AvgIpc) is 3.27. The summed E-state index contributed by atoms with van der Waals surface area (Å²) in [5.74, 6) is -0.0730. The van der Waals surface area contributed by atoms with Crippen molar-refractivity contribution in [2.24, 2.45) is 0 Å². The summed E-state index contributed by atoms with van der Waals surface area (Å²) in [7, 11) is -7.01. The maximum atomic E-state index is 12.4. The third-order valence-electron chi connectivity index (χ3n) is 4.42. The number of sulfone groups is 1. The highest BCUT2D eigenvalue weighted by atomic mass is 32.2. The normalized spacial score (nSPS) is 16.2. The van der Waals surface area contributed by atoms with E-state index in [0.29, 0.717) is 25.9 Å². The van der Waals surface area contributed by atoms with Crippen molar-refractivity contribution in [2.45, 2.75) is 36.5 Å². The molecule has 6 nitrogen and oxygen atoms in total. The number of aryl methyl sites for hydroxylation is 1. The number of hydrogen-bond acceptors (Lipinski definition) is 5. The van der Waals surface area contributed by atoms with E-state index in [1.807, 2.05) is 30.3 Å². The molecule has 0 saturated carbocycles. The second-order valence-electron chi connectivity index (χ2n) is 6.51. The predicted octanol–water partition coefficient (Wildman–Crippen LogP) is 2.61. The van der Waals surface area contributed by atoms with E-state index in [2.05, 4.69) is 0 Å². The number of benzene rings is 1. The van der Waals surface area contributed by atoms with E-state index in [1.54, 1.807) is 0 Å². The highest BCUT2D eigenvalue weighted by Gasteiger charge is 2.30. The van der Waals surface area contributed by atoms with Gasteiger partial charge in [-0.05, 0) is 43.4 Å². The molecule has 8 heteroatoms. The molecule has 2 aromatic rings. The van der Waals surface area contributed by atoms with E-state index in [1.165, 1.54) is 16.4 Å². The van der Waals surface area contributed by atoms with E-state index in [9.17, 15) is 16.8 Å². The monoisotopic (exact) mass is 397 g/mol. The molecule has 0 aliphatic carbocycles. The lowest BCUT2D eigenvalue weighted by Gasteiger charge is -2.12. The van der Waals surface area contributed by atoms with Crippen LogP contribution < -0.4 is 0 Å². The Morgan fingerprint density at radius 2 is 1.62 bits per heavy atom. The summed E-state index contributed by atoms with van der Waals surface area (Å²) in [4.78, 5) is 0. The summed E-state index contributed by atoms with van der Waals surface area (Å²) >= 11 is 0. The van der Waals surface area contributed by atoms with Crippen LogP contribution in [0.3, 0.4) is 0 Å². The van der Waals surface area contributed by atoms with Gasteiger partial charge >= 0.3 is 0 Å². The molecule has 0 radical (unpaired) electrons. The number of nitrogens with zero attached hydrogens (tertiary/aromatic N) is 1.